The van der Waals surface area contributed by atoms with Crippen molar-refractivity contribution in [1.82, 2.24) is 24.9 Å². The van der Waals surface area contributed by atoms with Crippen LogP contribution in [-0.2, 0) is 17.6 Å². The zero-order valence-corrected chi connectivity index (χ0v) is 27.2. The van der Waals surface area contributed by atoms with Crippen molar-refractivity contribution >= 4 is 52.3 Å². The zero-order chi connectivity index (χ0) is 31.5. The summed E-state index contributed by atoms with van der Waals surface area (Å²) in [6, 6.07) is 2.92. The molecule has 1 aromatic heterocycles. The van der Waals surface area contributed by atoms with E-state index in [1.165, 1.54) is 18.4 Å². The maximum absolute atomic E-state index is 14.0. The van der Waals surface area contributed by atoms with E-state index in [-0.39, 0.29) is 30.4 Å². The minimum absolute atomic E-state index is 0.0511. The second-order valence-corrected chi connectivity index (χ2v) is 13.7. The highest BCUT2D eigenvalue weighted by Crippen LogP contribution is 2.29. The van der Waals surface area contributed by atoms with E-state index in [1.807, 2.05) is 15.2 Å². The van der Waals surface area contributed by atoms with Gasteiger partial charge in [0, 0.05) is 62.2 Å². The highest BCUT2D eigenvalue weighted by Gasteiger charge is 2.35. The Morgan fingerprint density at radius 3 is 2.42 bits per heavy atom. The molecule has 0 spiro atoms. The molecule has 0 radical (unpaired) electrons. The molecule has 3 saturated heterocycles. The topological polar surface area (TPSA) is 114 Å². The summed E-state index contributed by atoms with van der Waals surface area (Å²) in [4.78, 5) is 48.7. The highest BCUT2D eigenvalue weighted by atomic mass is 35.5. The number of hydrogen-bond acceptors (Lipinski definition) is 6. The van der Waals surface area contributed by atoms with Crippen molar-refractivity contribution in [2.24, 2.45) is 0 Å². The SMILES string of the molecule is C#Cc1cc(C[C@@H](NC(=O)N2CCC(N3CCc4cscc4NC3=O)CC2)C(=O)N2CCC(N3CCCC3)CC2)cc(Cl)c1N. The van der Waals surface area contributed by atoms with E-state index >= 15 is 0 Å². The van der Waals surface area contributed by atoms with Gasteiger partial charge in [0.1, 0.15) is 6.04 Å². The number of amides is 5. The second kappa shape index (κ2) is 13.9. The summed E-state index contributed by atoms with van der Waals surface area (Å²) >= 11 is 7.98. The van der Waals surface area contributed by atoms with Gasteiger partial charge in [0.15, 0.2) is 0 Å². The van der Waals surface area contributed by atoms with Crippen LogP contribution in [0.25, 0.3) is 0 Å². The van der Waals surface area contributed by atoms with Gasteiger partial charge in [0.25, 0.3) is 0 Å². The van der Waals surface area contributed by atoms with Crippen molar-refractivity contribution < 1.29 is 14.4 Å². The van der Waals surface area contributed by atoms with E-state index in [9.17, 15) is 14.4 Å². The van der Waals surface area contributed by atoms with Crippen molar-refractivity contribution in [3.8, 4) is 12.3 Å². The van der Waals surface area contributed by atoms with Crippen molar-refractivity contribution in [1.29, 1.82) is 0 Å². The lowest BCUT2D eigenvalue weighted by Crippen LogP contribution is -2.57. The lowest BCUT2D eigenvalue weighted by Gasteiger charge is -2.39. The summed E-state index contributed by atoms with van der Waals surface area (Å²) < 4.78 is 0. The fourth-order valence-corrected chi connectivity index (χ4v) is 8.32. The molecule has 12 heteroatoms. The number of nitrogens with one attached hydrogen (secondary N) is 2. The number of urea groups is 2. The molecule has 1 aromatic carbocycles. The molecule has 6 rings (SSSR count). The van der Waals surface area contributed by atoms with Crippen LogP contribution in [0.5, 0.6) is 0 Å². The van der Waals surface area contributed by atoms with E-state index in [4.69, 9.17) is 23.8 Å². The quantitative estimate of drug-likeness (QED) is 0.320. The number of likely N-dealkylation sites (tertiary alicyclic amines) is 3. The monoisotopic (exact) mass is 651 g/mol. The Kier molecular flexibility index (Phi) is 9.73. The van der Waals surface area contributed by atoms with Crippen LogP contribution in [0.1, 0.15) is 55.2 Å². The van der Waals surface area contributed by atoms with E-state index in [0.29, 0.717) is 67.9 Å². The van der Waals surface area contributed by atoms with Gasteiger partial charge in [-0.1, -0.05) is 17.5 Å². The van der Waals surface area contributed by atoms with Crippen LogP contribution >= 0.6 is 22.9 Å². The number of hydrogen-bond donors (Lipinski definition) is 3. The number of thiophene rings is 1. The number of piperidine rings is 2. The number of nitrogen functional groups attached to an aromatic ring is 1. The summed E-state index contributed by atoms with van der Waals surface area (Å²) in [7, 11) is 0. The Morgan fingerprint density at radius 1 is 1.02 bits per heavy atom. The Bertz CT molecular complexity index is 1450. The predicted molar refractivity (Wildman–Crippen MR) is 179 cm³/mol. The largest absolute Gasteiger partial charge is 0.397 e. The Balaban J connectivity index is 1.10. The third-order valence-electron chi connectivity index (χ3n) is 9.87. The van der Waals surface area contributed by atoms with Gasteiger partial charge in [0.05, 0.1) is 16.4 Å². The van der Waals surface area contributed by atoms with E-state index < -0.39 is 6.04 Å². The molecule has 5 heterocycles. The molecule has 4 aliphatic rings. The van der Waals surface area contributed by atoms with Gasteiger partial charge < -0.3 is 36.0 Å². The van der Waals surface area contributed by atoms with E-state index in [1.54, 1.807) is 28.4 Å². The van der Waals surface area contributed by atoms with Gasteiger partial charge in [-0.25, -0.2) is 9.59 Å². The second-order valence-electron chi connectivity index (χ2n) is 12.6. The number of carbonyl (C=O) groups is 3. The normalized spacial score (nSPS) is 20.7. The number of anilines is 2. The van der Waals surface area contributed by atoms with Crippen molar-refractivity contribution in [3.63, 3.8) is 0 Å². The van der Waals surface area contributed by atoms with Crippen molar-refractivity contribution in [2.45, 2.75) is 69.5 Å². The van der Waals surface area contributed by atoms with E-state index in [0.717, 1.165) is 43.6 Å². The fraction of sp³-hybridized carbons (Fsp3) is 0.545. The van der Waals surface area contributed by atoms with E-state index in [2.05, 4.69) is 26.8 Å². The number of nitrogens with zero attached hydrogens (tertiary/aromatic N) is 4. The highest BCUT2D eigenvalue weighted by molar-refractivity contribution is 7.08. The number of nitrogens with two attached hydrogens (primary N) is 1. The van der Waals surface area contributed by atoms with Gasteiger partial charge in [-0.05, 0) is 86.7 Å². The molecule has 0 unspecified atom stereocenters. The molecule has 240 valence electrons. The number of carbonyl (C=O) groups excluding carboxylic acids is 3. The maximum Gasteiger partial charge on any atom is 0.322 e. The predicted octanol–water partition coefficient (Wildman–Crippen LogP) is 4.23. The first-order chi connectivity index (χ1) is 21.8. The molecule has 0 bridgehead atoms. The number of rotatable bonds is 6. The average molecular weight is 652 g/mol. The first-order valence-electron chi connectivity index (χ1n) is 16.1. The van der Waals surface area contributed by atoms with Crippen LogP contribution in [0.15, 0.2) is 22.9 Å². The molecule has 0 saturated carbocycles. The lowest BCUT2D eigenvalue weighted by atomic mass is 9.99. The molecule has 4 N–H and O–H groups in total. The minimum Gasteiger partial charge on any atom is -0.397 e. The molecule has 2 aromatic rings. The number of halogens is 1. The molecular weight excluding hydrogens is 610 g/mol. The minimum atomic E-state index is -0.779. The van der Waals surface area contributed by atoms with Crippen LogP contribution < -0.4 is 16.4 Å². The molecule has 45 heavy (non-hydrogen) atoms. The Hall–Kier alpha value is -3.46. The third-order valence-corrected chi connectivity index (χ3v) is 11.0. The van der Waals surface area contributed by atoms with Crippen LogP contribution in [0.4, 0.5) is 21.0 Å². The first-order valence-corrected chi connectivity index (χ1v) is 17.4. The van der Waals surface area contributed by atoms with Gasteiger partial charge in [-0.2, -0.15) is 0 Å². The van der Waals surface area contributed by atoms with Gasteiger partial charge in [0.2, 0.25) is 5.91 Å². The number of terminal acetylenes is 1. The van der Waals surface area contributed by atoms with Crippen LogP contribution in [0.3, 0.4) is 0 Å². The summed E-state index contributed by atoms with van der Waals surface area (Å²) in [6.07, 6.45) is 12.4. The zero-order valence-electron chi connectivity index (χ0n) is 25.6. The smallest absolute Gasteiger partial charge is 0.322 e. The van der Waals surface area contributed by atoms with Gasteiger partial charge in [-0.15, -0.1) is 17.8 Å². The first kappa shape index (κ1) is 31.5. The summed E-state index contributed by atoms with van der Waals surface area (Å²) in [5.74, 6) is 2.48. The van der Waals surface area contributed by atoms with Crippen molar-refractivity contribution in [2.75, 3.05) is 56.9 Å². The lowest BCUT2D eigenvalue weighted by molar-refractivity contribution is -0.134. The van der Waals surface area contributed by atoms with Crippen LogP contribution in [0.2, 0.25) is 5.02 Å². The molecular formula is C33H42ClN7O3S. The molecule has 3 fully saturated rings. The molecule has 5 amide bonds. The Morgan fingerprint density at radius 2 is 1.71 bits per heavy atom. The number of benzene rings is 1. The van der Waals surface area contributed by atoms with Crippen LogP contribution in [0, 0.1) is 12.3 Å². The van der Waals surface area contributed by atoms with Gasteiger partial charge >= 0.3 is 12.1 Å². The van der Waals surface area contributed by atoms with Crippen molar-refractivity contribution in [3.05, 3.63) is 44.6 Å². The summed E-state index contributed by atoms with van der Waals surface area (Å²) in [5.41, 5.74) is 9.66. The maximum atomic E-state index is 14.0. The fourth-order valence-electron chi connectivity index (χ4n) is 7.25. The number of fused-ring (bicyclic) bond motifs is 1. The standard InChI is InChI=1S/C33H42ClN7O3S/c1-2-23-17-22(18-27(34)30(23)35)19-28(31(42)39-12-6-25(7-13-39)38-10-3-4-11-38)36-32(43)40-14-8-26(9-15-40)41-16-5-24-20-45-21-29(24)37-33(41)44/h1,17-18,20-21,25-26,28H,3-16,19,35H2,(H,36,43)(H,37,44)/t28-/m1/s1. The Labute approximate surface area is 274 Å². The van der Waals surface area contributed by atoms with Crippen LogP contribution in [-0.4, -0.2) is 102 Å². The molecule has 0 aliphatic carbocycles. The average Bonchev–Trinajstić information content (AvgIpc) is 3.72. The molecule has 1 atom stereocenters. The third kappa shape index (κ3) is 7.03. The molecule has 4 aliphatic heterocycles. The summed E-state index contributed by atoms with van der Waals surface area (Å²) in [5, 5.41) is 10.5. The summed E-state index contributed by atoms with van der Waals surface area (Å²) in [6.45, 7) is 5.27. The van der Waals surface area contributed by atoms with Gasteiger partial charge in [-0.3, -0.25) is 4.79 Å². The molecule has 10 nitrogen and oxygen atoms in total.